The second kappa shape index (κ2) is 6.67. The molecule has 0 aromatic heterocycles. The van der Waals surface area contributed by atoms with Gasteiger partial charge in [0.1, 0.15) is 0 Å². The Morgan fingerprint density at radius 1 is 0.667 bits per heavy atom. The highest BCUT2D eigenvalue weighted by molar-refractivity contribution is 6.21. The van der Waals surface area contributed by atoms with Gasteiger partial charge in [0.25, 0.3) is 0 Å². The van der Waals surface area contributed by atoms with E-state index in [1.807, 2.05) is 36.4 Å². The molecule has 0 bridgehead atoms. The average molecular weight is 313 g/mol. The Balaban J connectivity index is 0.000000141. The van der Waals surface area contributed by atoms with Gasteiger partial charge in [-0.2, -0.15) is 0 Å². The Morgan fingerprint density at radius 2 is 1.21 bits per heavy atom. The van der Waals surface area contributed by atoms with Crippen LogP contribution in [0.5, 0.6) is 0 Å². The largest absolute Gasteiger partial charge is 0.392 e. The van der Waals surface area contributed by atoms with Crippen molar-refractivity contribution in [3.63, 3.8) is 0 Å². The molecule has 1 aliphatic carbocycles. The first kappa shape index (κ1) is 15.3. The minimum atomic E-state index is -0.0924. The molecule has 4 rings (SSSR count). The summed E-state index contributed by atoms with van der Waals surface area (Å²) in [6.07, 6.45) is 2.62. The third-order valence-electron chi connectivity index (χ3n) is 3.72. The number of hydrogen-bond donors (Lipinski definition) is 0. The van der Waals surface area contributed by atoms with Crippen molar-refractivity contribution in [2.24, 2.45) is 0 Å². The number of fused-ring (bicyclic) bond motifs is 2. The summed E-state index contributed by atoms with van der Waals surface area (Å²) in [6.45, 7) is 0. The van der Waals surface area contributed by atoms with E-state index in [0.29, 0.717) is 16.8 Å². The van der Waals surface area contributed by atoms with E-state index >= 15 is 0 Å². The van der Waals surface area contributed by atoms with Gasteiger partial charge in [-0.15, -0.1) is 0 Å². The van der Waals surface area contributed by atoms with Crippen molar-refractivity contribution in [1.82, 2.24) is 0 Å². The summed E-state index contributed by atoms with van der Waals surface area (Å²) in [6, 6.07) is 20.3. The Labute approximate surface area is 138 Å². The quantitative estimate of drug-likeness (QED) is 0.552. The summed E-state index contributed by atoms with van der Waals surface area (Å²) >= 11 is 0. The second-order valence-electron chi connectivity index (χ2n) is 5.21. The van der Waals surface area contributed by atoms with Gasteiger partial charge < -0.3 is 0 Å². The van der Waals surface area contributed by atoms with Gasteiger partial charge in [0, 0.05) is 17.2 Å². The maximum Gasteiger partial charge on any atom is 0.392 e. The van der Waals surface area contributed by atoms with Crippen LogP contribution in [-0.4, -0.2) is 11.6 Å². The summed E-state index contributed by atoms with van der Waals surface area (Å²) in [5.74, 6) is -0.185. The number of carbonyl (C=O) groups excluding carboxylic acids is 2. The van der Waals surface area contributed by atoms with Crippen LogP contribution in [0.25, 0.3) is 15.7 Å². The Hall–Kier alpha value is -3.58. The molecule has 4 nitrogen and oxygen atoms in total. The molecule has 0 aliphatic heterocycles. The van der Waals surface area contributed by atoms with E-state index in [0.717, 1.165) is 10.8 Å². The lowest BCUT2D eigenvalue weighted by Crippen LogP contribution is -2.10. The first-order valence-electron chi connectivity index (χ1n) is 7.39. The minimum absolute atomic E-state index is 0.0924. The van der Waals surface area contributed by atoms with Gasteiger partial charge in [0.2, 0.25) is 5.39 Å². The zero-order chi connectivity index (χ0) is 16.9. The molecule has 0 radical (unpaired) electrons. The van der Waals surface area contributed by atoms with Gasteiger partial charge in [0.15, 0.2) is 16.5 Å². The normalized spacial score (nSPS) is 12.1. The fourth-order valence-electron chi connectivity index (χ4n) is 2.54. The molecular weight excluding hydrogens is 300 g/mol. The van der Waals surface area contributed by atoms with Gasteiger partial charge in [-0.05, 0) is 23.6 Å². The van der Waals surface area contributed by atoms with Crippen LogP contribution in [0.1, 0.15) is 20.7 Å². The highest BCUT2D eigenvalue weighted by Crippen LogP contribution is 2.24. The van der Waals surface area contributed by atoms with Crippen LogP contribution in [0.15, 0.2) is 78.9 Å². The zero-order valence-electron chi connectivity index (χ0n) is 12.7. The molecule has 114 valence electrons. The van der Waals surface area contributed by atoms with Crippen molar-refractivity contribution >= 4 is 28.0 Å². The maximum atomic E-state index is 11.2. The van der Waals surface area contributed by atoms with E-state index in [2.05, 4.69) is 4.98 Å². The van der Waals surface area contributed by atoms with Gasteiger partial charge in [-0.3, -0.25) is 9.59 Å². The fourth-order valence-corrected chi connectivity index (χ4v) is 2.54. The smallest absolute Gasteiger partial charge is 0.289 e. The van der Waals surface area contributed by atoms with Crippen LogP contribution in [0.2, 0.25) is 0 Å². The van der Waals surface area contributed by atoms with Crippen LogP contribution in [-0.2, 0) is 0 Å². The first-order chi connectivity index (χ1) is 11.7. The number of hydrogen-bond acceptors (Lipinski definition) is 3. The molecule has 24 heavy (non-hydrogen) atoms. The lowest BCUT2D eigenvalue weighted by atomic mass is 9.95. The SMILES string of the molecule is N#[N+]c1cccc2ccccc12.O=C1C=CC(=O)c2ccccc21. The predicted molar refractivity (Wildman–Crippen MR) is 92.9 cm³/mol. The molecule has 0 atom stereocenters. The van der Waals surface area contributed by atoms with Crippen molar-refractivity contribution in [3.05, 3.63) is 95.0 Å². The molecule has 0 fully saturated rings. The first-order valence-corrected chi connectivity index (χ1v) is 7.39. The van der Waals surface area contributed by atoms with E-state index < -0.39 is 0 Å². The molecule has 0 saturated heterocycles. The van der Waals surface area contributed by atoms with Crippen molar-refractivity contribution in [3.8, 4) is 0 Å². The second-order valence-corrected chi connectivity index (χ2v) is 5.21. The molecule has 0 unspecified atom stereocenters. The third-order valence-corrected chi connectivity index (χ3v) is 3.72. The predicted octanol–water partition coefficient (Wildman–Crippen LogP) is 4.95. The fraction of sp³-hybridized carbons (Fsp3) is 0. The lowest BCUT2D eigenvalue weighted by Gasteiger charge is -2.06. The van der Waals surface area contributed by atoms with Crippen molar-refractivity contribution in [1.29, 1.82) is 5.39 Å². The summed E-state index contributed by atoms with van der Waals surface area (Å²) < 4.78 is 0. The molecule has 3 aromatic rings. The number of ketones is 2. The van der Waals surface area contributed by atoms with E-state index in [-0.39, 0.29) is 11.6 Å². The number of nitrogens with zero attached hydrogens (tertiary/aromatic N) is 2. The highest BCUT2D eigenvalue weighted by atomic mass is 16.1. The number of allylic oxidation sites excluding steroid dienone is 2. The minimum Gasteiger partial charge on any atom is -0.289 e. The highest BCUT2D eigenvalue weighted by Gasteiger charge is 2.17. The van der Waals surface area contributed by atoms with Crippen molar-refractivity contribution in [2.75, 3.05) is 0 Å². The molecule has 3 aromatic carbocycles. The monoisotopic (exact) mass is 313 g/mol. The van der Waals surface area contributed by atoms with Gasteiger partial charge in [0.05, 0.1) is 5.39 Å². The number of benzene rings is 3. The molecule has 4 heteroatoms. The summed E-state index contributed by atoms with van der Waals surface area (Å²) in [5.41, 5.74) is 1.63. The number of diazo groups is 1. The van der Waals surface area contributed by atoms with Crippen LogP contribution in [0.3, 0.4) is 0 Å². The Kier molecular flexibility index (Phi) is 4.26. The molecule has 1 aliphatic rings. The lowest BCUT2D eigenvalue weighted by molar-refractivity contribution is 0.0994. The number of carbonyl (C=O) groups is 2. The summed E-state index contributed by atoms with van der Waals surface area (Å²) in [5, 5.41) is 10.7. The summed E-state index contributed by atoms with van der Waals surface area (Å²) in [7, 11) is 0. The molecule has 0 spiro atoms. The molecule has 0 heterocycles. The van der Waals surface area contributed by atoms with Gasteiger partial charge in [-0.1, -0.05) is 54.6 Å². The van der Waals surface area contributed by atoms with Crippen LogP contribution < -0.4 is 0 Å². The van der Waals surface area contributed by atoms with E-state index in [9.17, 15) is 9.59 Å². The third kappa shape index (κ3) is 2.96. The molecule has 0 amide bonds. The maximum absolute atomic E-state index is 11.2. The topological polar surface area (TPSA) is 62.3 Å². The Morgan fingerprint density at radius 3 is 1.83 bits per heavy atom. The number of rotatable bonds is 0. The summed E-state index contributed by atoms with van der Waals surface area (Å²) in [4.78, 5) is 25.6. The van der Waals surface area contributed by atoms with Crippen molar-refractivity contribution < 1.29 is 9.59 Å². The molecule has 0 N–H and O–H groups in total. The standard InChI is InChI=1S/C10H7N2.C10H6O2/c11-12-10-7-3-5-8-4-1-2-6-9(8)10;11-9-5-6-10(12)8-4-2-1-3-7(8)9/h1-7H;1-6H/q+1;. The van der Waals surface area contributed by atoms with E-state index in [4.69, 9.17) is 5.39 Å². The molecular formula is C20H13N2O2+. The Bertz CT molecular complexity index is 971. The van der Waals surface area contributed by atoms with E-state index in [1.165, 1.54) is 12.2 Å². The van der Waals surface area contributed by atoms with Gasteiger partial charge in [-0.25, -0.2) is 0 Å². The van der Waals surface area contributed by atoms with Crippen LogP contribution in [0.4, 0.5) is 5.69 Å². The average Bonchev–Trinajstić information content (AvgIpc) is 2.65. The van der Waals surface area contributed by atoms with Crippen LogP contribution >= 0.6 is 0 Å². The van der Waals surface area contributed by atoms with E-state index in [1.54, 1.807) is 30.3 Å². The van der Waals surface area contributed by atoms with Crippen molar-refractivity contribution in [2.45, 2.75) is 0 Å². The molecule has 0 saturated carbocycles. The van der Waals surface area contributed by atoms with Crippen LogP contribution in [0, 0.1) is 5.39 Å². The zero-order valence-corrected chi connectivity index (χ0v) is 12.7. The van der Waals surface area contributed by atoms with Gasteiger partial charge >= 0.3 is 5.69 Å².